The number of amidine groups is 1. The number of rotatable bonds is 6. The average Bonchev–Trinajstić information content (AvgIpc) is 2.90. The number of phenolic OH excluding ortho intramolecular Hbond substituents is 1. The molecule has 4 aromatic carbocycles. The number of anilines is 1. The molecule has 0 heterocycles. The average molecular weight is 467 g/mol. The summed E-state index contributed by atoms with van der Waals surface area (Å²) in [5.74, 6) is 1.65. The van der Waals surface area contributed by atoms with E-state index in [9.17, 15) is 9.90 Å². The van der Waals surface area contributed by atoms with Gasteiger partial charge in [-0.1, -0.05) is 29.8 Å². The second-order valence-corrected chi connectivity index (χ2v) is 7.88. The van der Waals surface area contributed by atoms with Crippen LogP contribution in [-0.2, 0) is 0 Å². The summed E-state index contributed by atoms with van der Waals surface area (Å²) >= 11 is 0. The maximum atomic E-state index is 13.9. The van der Waals surface area contributed by atoms with Crippen LogP contribution in [0.2, 0.25) is 0 Å². The zero-order valence-corrected chi connectivity index (χ0v) is 19.8. The van der Waals surface area contributed by atoms with Gasteiger partial charge in [0.2, 0.25) is 0 Å². The van der Waals surface area contributed by atoms with Gasteiger partial charge in [-0.15, -0.1) is 0 Å². The quantitative estimate of drug-likeness (QED) is 0.274. The molecule has 4 aromatic rings. The number of carbonyl (C=O) groups excluding carboxylic acids is 1. The van der Waals surface area contributed by atoms with Crippen molar-refractivity contribution in [3.05, 3.63) is 114 Å². The number of nitrogens with zero attached hydrogens (tertiary/aromatic N) is 2. The lowest BCUT2D eigenvalue weighted by molar-refractivity contribution is 0.100. The Morgan fingerprint density at radius 2 is 1.23 bits per heavy atom. The van der Waals surface area contributed by atoms with Crippen molar-refractivity contribution in [2.45, 2.75) is 6.92 Å². The van der Waals surface area contributed by atoms with E-state index >= 15 is 0 Å². The third-order valence-electron chi connectivity index (χ3n) is 5.48. The topological polar surface area (TPSA) is 71.4 Å². The molecule has 176 valence electrons. The van der Waals surface area contributed by atoms with E-state index < -0.39 is 0 Å². The maximum absolute atomic E-state index is 13.9. The first kappa shape index (κ1) is 23.6. The molecule has 0 fully saturated rings. The largest absolute Gasteiger partial charge is 0.508 e. The number of methoxy groups -OCH3 is 2. The van der Waals surface area contributed by atoms with Crippen molar-refractivity contribution < 1.29 is 19.4 Å². The maximum Gasteiger partial charge on any atom is 0.264 e. The Balaban J connectivity index is 1.91. The summed E-state index contributed by atoms with van der Waals surface area (Å²) in [7, 11) is 3.20. The Morgan fingerprint density at radius 3 is 1.77 bits per heavy atom. The predicted molar refractivity (Wildman–Crippen MR) is 138 cm³/mol. The molecule has 6 nitrogen and oxygen atoms in total. The number of ether oxygens (including phenoxy) is 2. The van der Waals surface area contributed by atoms with Gasteiger partial charge in [0.25, 0.3) is 5.91 Å². The Morgan fingerprint density at radius 1 is 0.714 bits per heavy atom. The SMILES string of the molecule is COc1ccc(N=C(c2ccc(C)cc2)N(C(=O)c2ccc(O)cc2)c2ccc(OC)cc2)cc1. The van der Waals surface area contributed by atoms with Crippen LogP contribution < -0.4 is 14.4 Å². The summed E-state index contributed by atoms with van der Waals surface area (Å²) in [6.07, 6.45) is 0. The van der Waals surface area contributed by atoms with Crippen molar-refractivity contribution >= 4 is 23.1 Å². The van der Waals surface area contributed by atoms with E-state index in [1.54, 1.807) is 43.4 Å². The van der Waals surface area contributed by atoms with Crippen LogP contribution in [0.4, 0.5) is 11.4 Å². The van der Waals surface area contributed by atoms with Crippen molar-refractivity contribution in [1.29, 1.82) is 0 Å². The minimum Gasteiger partial charge on any atom is -0.508 e. The third-order valence-corrected chi connectivity index (χ3v) is 5.48. The van der Waals surface area contributed by atoms with E-state index in [1.165, 1.54) is 12.1 Å². The van der Waals surface area contributed by atoms with E-state index in [1.807, 2.05) is 67.6 Å². The number of carbonyl (C=O) groups is 1. The minimum atomic E-state index is -0.289. The van der Waals surface area contributed by atoms with Gasteiger partial charge in [0.15, 0.2) is 0 Å². The zero-order valence-electron chi connectivity index (χ0n) is 19.8. The van der Waals surface area contributed by atoms with Crippen molar-refractivity contribution in [2.24, 2.45) is 4.99 Å². The molecule has 1 N–H and O–H groups in total. The number of phenols is 1. The van der Waals surface area contributed by atoms with E-state index in [0.717, 1.165) is 11.1 Å². The second kappa shape index (κ2) is 10.6. The normalized spacial score (nSPS) is 11.1. The van der Waals surface area contributed by atoms with Crippen LogP contribution in [0.1, 0.15) is 21.5 Å². The lowest BCUT2D eigenvalue weighted by Crippen LogP contribution is -2.37. The number of hydrogen-bond donors (Lipinski definition) is 1. The molecule has 0 atom stereocenters. The summed E-state index contributed by atoms with van der Waals surface area (Å²) in [5.41, 5.74) is 3.57. The zero-order chi connectivity index (χ0) is 24.8. The molecule has 0 aliphatic carbocycles. The molecule has 0 unspecified atom stereocenters. The number of aryl methyl sites for hydroxylation is 1. The van der Waals surface area contributed by atoms with Gasteiger partial charge in [-0.2, -0.15) is 0 Å². The van der Waals surface area contributed by atoms with Crippen LogP contribution in [0.25, 0.3) is 0 Å². The fourth-order valence-electron chi connectivity index (χ4n) is 3.53. The Kier molecular flexibility index (Phi) is 7.12. The number of hydrogen-bond acceptors (Lipinski definition) is 5. The first-order valence-electron chi connectivity index (χ1n) is 11.1. The molecule has 0 spiro atoms. The number of benzene rings is 4. The van der Waals surface area contributed by atoms with Crippen molar-refractivity contribution in [2.75, 3.05) is 19.1 Å². The van der Waals surface area contributed by atoms with Gasteiger partial charge >= 0.3 is 0 Å². The van der Waals surface area contributed by atoms with E-state index in [-0.39, 0.29) is 11.7 Å². The third kappa shape index (κ3) is 5.50. The molecule has 0 aliphatic rings. The molecule has 0 saturated carbocycles. The highest BCUT2D eigenvalue weighted by Crippen LogP contribution is 2.27. The van der Waals surface area contributed by atoms with Crippen molar-refractivity contribution in [3.63, 3.8) is 0 Å². The van der Waals surface area contributed by atoms with Crippen LogP contribution in [-0.4, -0.2) is 31.1 Å². The Bertz CT molecular complexity index is 1310. The van der Waals surface area contributed by atoms with Gasteiger partial charge in [-0.05, 0) is 79.7 Å². The Labute approximate surface area is 204 Å². The molecule has 1 amide bonds. The van der Waals surface area contributed by atoms with E-state index in [0.29, 0.717) is 34.3 Å². The molecule has 35 heavy (non-hydrogen) atoms. The van der Waals surface area contributed by atoms with Crippen molar-refractivity contribution in [3.8, 4) is 17.2 Å². The molecule has 0 aromatic heterocycles. The van der Waals surface area contributed by atoms with Crippen LogP contribution in [0, 0.1) is 6.92 Å². The number of aromatic hydroxyl groups is 1. The van der Waals surface area contributed by atoms with Crippen LogP contribution in [0.15, 0.2) is 102 Å². The Hall–Kier alpha value is -4.58. The molecule has 0 radical (unpaired) electrons. The van der Waals surface area contributed by atoms with Crippen LogP contribution in [0.3, 0.4) is 0 Å². The van der Waals surface area contributed by atoms with E-state index in [2.05, 4.69) is 0 Å². The highest BCUT2D eigenvalue weighted by Gasteiger charge is 2.25. The van der Waals surface area contributed by atoms with Gasteiger partial charge in [0.1, 0.15) is 23.1 Å². The molecule has 0 saturated heterocycles. The molecular weight excluding hydrogens is 440 g/mol. The summed E-state index contributed by atoms with van der Waals surface area (Å²) in [6.45, 7) is 2.01. The predicted octanol–water partition coefficient (Wildman–Crippen LogP) is 6.14. The summed E-state index contributed by atoms with van der Waals surface area (Å²) in [4.78, 5) is 20.4. The standard InChI is InChI=1S/C29H26N2O4/c1-20-4-6-21(7-5-20)28(30-23-10-16-26(34-2)17-11-23)31(24-12-18-27(35-3)19-13-24)29(33)22-8-14-25(32)15-9-22/h4-19,32H,1-3H3. The van der Waals surface area contributed by atoms with Gasteiger partial charge in [0, 0.05) is 11.1 Å². The smallest absolute Gasteiger partial charge is 0.264 e. The summed E-state index contributed by atoms with van der Waals surface area (Å²) < 4.78 is 10.6. The molecular formula is C29H26N2O4. The first-order chi connectivity index (χ1) is 17.0. The van der Waals surface area contributed by atoms with Gasteiger partial charge < -0.3 is 14.6 Å². The number of aliphatic imine (C=N–C) groups is 1. The highest BCUT2D eigenvalue weighted by atomic mass is 16.5. The molecule has 0 aliphatic heterocycles. The fraction of sp³-hybridized carbons (Fsp3) is 0.103. The monoisotopic (exact) mass is 466 g/mol. The van der Waals surface area contributed by atoms with E-state index in [4.69, 9.17) is 14.5 Å². The summed E-state index contributed by atoms with van der Waals surface area (Å²) in [6, 6.07) is 28.6. The van der Waals surface area contributed by atoms with Gasteiger partial charge in [0.05, 0.1) is 25.6 Å². The fourth-order valence-corrected chi connectivity index (χ4v) is 3.53. The van der Waals surface area contributed by atoms with Crippen molar-refractivity contribution in [1.82, 2.24) is 0 Å². The highest BCUT2D eigenvalue weighted by molar-refractivity contribution is 6.28. The molecule has 6 heteroatoms. The van der Waals surface area contributed by atoms with Crippen LogP contribution in [0.5, 0.6) is 17.2 Å². The van der Waals surface area contributed by atoms with Gasteiger partial charge in [-0.25, -0.2) is 4.99 Å². The lowest BCUT2D eigenvalue weighted by atomic mass is 10.1. The van der Waals surface area contributed by atoms with Crippen LogP contribution >= 0.6 is 0 Å². The second-order valence-electron chi connectivity index (χ2n) is 7.88. The lowest BCUT2D eigenvalue weighted by Gasteiger charge is -2.25. The van der Waals surface area contributed by atoms with Gasteiger partial charge in [-0.3, -0.25) is 9.69 Å². The molecule has 4 rings (SSSR count). The molecule has 0 bridgehead atoms. The minimum absolute atomic E-state index is 0.0863. The first-order valence-corrected chi connectivity index (χ1v) is 11.1. The summed E-state index contributed by atoms with van der Waals surface area (Å²) in [5, 5.41) is 9.73. The number of amides is 1.